The molecule has 1 heterocycles. The molecule has 2 unspecified atom stereocenters. The first-order chi connectivity index (χ1) is 7.43. The van der Waals surface area contributed by atoms with Crippen molar-refractivity contribution in [1.82, 2.24) is 5.43 Å². The number of rotatable bonds is 3. The third kappa shape index (κ3) is 1.69. The Kier molecular flexibility index (Phi) is 3.06. The van der Waals surface area contributed by atoms with Crippen LogP contribution < -0.4 is 11.3 Å². The van der Waals surface area contributed by atoms with E-state index in [0.29, 0.717) is 28.7 Å². The summed E-state index contributed by atoms with van der Waals surface area (Å²) in [5.74, 6) is 7.03. The zero-order chi connectivity index (χ0) is 12.0. The van der Waals surface area contributed by atoms with Gasteiger partial charge in [-0.3, -0.25) is 11.3 Å². The van der Waals surface area contributed by atoms with Crippen LogP contribution in [0.15, 0.2) is 0 Å². The number of nitrogens with two attached hydrogens (primary N) is 1. The zero-order valence-electron chi connectivity index (χ0n) is 11.0. The van der Waals surface area contributed by atoms with Crippen molar-refractivity contribution in [3.05, 3.63) is 0 Å². The lowest BCUT2D eigenvalue weighted by molar-refractivity contribution is 0.0324. The van der Waals surface area contributed by atoms with Gasteiger partial charge >= 0.3 is 0 Å². The van der Waals surface area contributed by atoms with Crippen LogP contribution in [-0.2, 0) is 4.74 Å². The van der Waals surface area contributed by atoms with E-state index in [1.54, 1.807) is 0 Å². The molecule has 0 radical (unpaired) electrons. The first-order valence-electron chi connectivity index (χ1n) is 6.47. The summed E-state index contributed by atoms with van der Waals surface area (Å²) >= 11 is 0. The van der Waals surface area contributed by atoms with Crippen molar-refractivity contribution in [3.8, 4) is 0 Å². The average molecular weight is 226 g/mol. The summed E-state index contributed by atoms with van der Waals surface area (Å²) in [5, 5.41) is 0. The summed E-state index contributed by atoms with van der Waals surface area (Å²) in [4.78, 5) is 0. The first-order valence-corrected chi connectivity index (χ1v) is 6.47. The summed E-state index contributed by atoms with van der Waals surface area (Å²) in [6.45, 7) is 11.2. The molecule has 1 aliphatic heterocycles. The molecule has 0 aromatic rings. The number of hydrazine groups is 1. The van der Waals surface area contributed by atoms with Gasteiger partial charge in [0, 0.05) is 12.6 Å². The van der Waals surface area contributed by atoms with Crippen LogP contribution in [0.5, 0.6) is 0 Å². The Hall–Kier alpha value is -0.120. The van der Waals surface area contributed by atoms with Crippen LogP contribution in [0, 0.1) is 22.7 Å². The molecule has 0 aromatic carbocycles. The first kappa shape index (κ1) is 12.3. The predicted octanol–water partition coefficient (Wildman–Crippen LogP) is 1.93. The molecular formula is C13H26N2O. The molecule has 16 heavy (non-hydrogen) atoms. The fourth-order valence-corrected chi connectivity index (χ4v) is 3.70. The Morgan fingerprint density at radius 2 is 1.88 bits per heavy atom. The minimum Gasteiger partial charge on any atom is -0.381 e. The molecule has 0 spiro atoms. The third-order valence-corrected chi connectivity index (χ3v) is 5.39. The van der Waals surface area contributed by atoms with E-state index in [9.17, 15) is 0 Å². The minimum atomic E-state index is 0.390. The Balaban J connectivity index is 2.06. The van der Waals surface area contributed by atoms with Crippen LogP contribution in [-0.4, -0.2) is 19.3 Å². The van der Waals surface area contributed by atoms with Gasteiger partial charge in [-0.05, 0) is 35.5 Å². The van der Waals surface area contributed by atoms with Gasteiger partial charge in [0.2, 0.25) is 0 Å². The molecule has 2 fully saturated rings. The Morgan fingerprint density at radius 3 is 2.25 bits per heavy atom. The molecule has 0 bridgehead atoms. The quantitative estimate of drug-likeness (QED) is 0.571. The maximum absolute atomic E-state index is 5.78. The fraction of sp³-hybridized carbons (Fsp3) is 1.00. The highest BCUT2D eigenvalue weighted by Gasteiger charge is 2.67. The van der Waals surface area contributed by atoms with E-state index in [-0.39, 0.29) is 0 Å². The molecule has 2 rings (SSSR count). The Labute approximate surface area is 99.1 Å². The van der Waals surface area contributed by atoms with E-state index < -0.39 is 0 Å². The second-order valence-corrected chi connectivity index (χ2v) is 6.59. The van der Waals surface area contributed by atoms with Crippen LogP contribution in [0.3, 0.4) is 0 Å². The van der Waals surface area contributed by atoms with Crippen molar-refractivity contribution in [2.75, 3.05) is 13.2 Å². The van der Waals surface area contributed by atoms with Gasteiger partial charge < -0.3 is 4.74 Å². The van der Waals surface area contributed by atoms with Crippen molar-refractivity contribution in [2.45, 2.75) is 46.6 Å². The van der Waals surface area contributed by atoms with Gasteiger partial charge in [-0.25, -0.2) is 0 Å². The van der Waals surface area contributed by atoms with Crippen molar-refractivity contribution in [1.29, 1.82) is 0 Å². The molecular weight excluding hydrogens is 200 g/mol. The topological polar surface area (TPSA) is 47.3 Å². The summed E-state index contributed by atoms with van der Waals surface area (Å²) in [7, 11) is 0. The lowest BCUT2D eigenvalue weighted by atomic mass is 9.87. The average Bonchev–Trinajstić information content (AvgIpc) is 2.64. The van der Waals surface area contributed by atoms with Crippen LogP contribution in [0.1, 0.15) is 40.5 Å². The minimum absolute atomic E-state index is 0.390. The van der Waals surface area contributed by atoms with Gasteiger partial charge in [-0.2, -0.15) is 0 Å². The Bertz CT molecular complexity index is 243. The number of hydrogen-bond donors (Lipinski definition) is 2. The summed E-state index contributed by atoms with van der Waals surface area (Å²) in [5.41, 5.74) is 3.85. The van der Waals surface area contributed by atoms with Crippen molar-refractivity contribution < 1.29 is 4.74 Å². The van der Waals surface area contributed by atoms with Gasteiger partial charge in [-0.15, -0.1) is 0 Å². The largest absolute Gasteiger partial charge is 0.381 e. The molecule has 1 saturated carbocycles. The van der Waals surface area contributed by atoms with Crippen LogP contribution in [0.4, 0.5) is 0 Å². The van der Waals surface area contributed by atoms with E-state index in [1.165, 1.54) is 12.8 Å². The smallest absolute Gasteiger partial charge is 0.0509 e. The monoisotopic (exact) mass is 226 g/mol. The van der Waals surface area contributed by atoms with Crippen molar-refractivity contribution in [3.63, 3.8) is 0 Å². The predicted molar refractivity (Wildman–Crippen MR) is 65.7 cm³/mol. The highest BCUT2D eigenvalue weighted by molar-refractivity contribution is 5.17. The van der Waals surface area contributed by atoms with Gasteiger partial charge in [0.1, 0.15) is 0 Å². The number of hydrogen-bond acceptors (Lipinski definition) is 3. The molecule has 3 N–H and O–H groups in total. The highest BCUT2D eigenvalue weighted by Crippen LogP contribution is 2.70. The van der Waals surface area contributed by atoms with Gasteiger partial charge in [0.25, 0.3) is 0 Å². The van der Waals surface area contributed by atoms with E-state index in [4.69, 9.17) is 10.6 Å². The summed E-state index contributed by atoms with van der Waals surface area (Å²) in [6, 6.07) is 0.408. The third-order valence-electron chi connectivity index (χ3n) is 5.39. The van der Waals surface area contributed by atoms with Crippen LogP contribution in [0.2, 0.25) is 0 Å². The number of ether oxygens (including phenoxy) is 1. The van der Waals surface area contributed by atoms with Gasteiger partial charge in [0.05, 0.1) is 6.61 Å². The molecule has 1 aliphatic carbocycles. The van der Waals surface area contributed by atoms with Crippen LogP contribution in [0.25, 0.3) is 0 Å². The van der Waals surface area contributed by atoms with E-state index in [0.717, 1.165) is 13.2 Å². The van der Waals surface area contributed by atoms with Gasteiger partial charge in [-0.1, -0.05) is 27.7 Å². The van der Waals surface area contributed by atoms with Crippen molar-refractivity contribution >= 4 is 0 Å². The second-order valence-electron chi connectivity index (χ2n) is 6.59. The standard InChI is InChI=1S/C13H26N2O/c1-12(2)11(13(12,3)4)10(15-14)9-6-5-7-16-8-9/h9-11,15H,5-8,14H2,1-4H3. The number of nitrogens with one attached hydrogen (secondary N) is 1. The maximum atomic E-state index is 5.78. The lowest BCUT2D eigenvalue weighted by Gasteiger charge is -2.31. The molecule has 3 heteroatoms. The Morgan fingerprint density at radius 1 is 1.25 bits per heavy atom. The SMILES string of the molecule is CC1(C)C(C(NN)C2CCCOC2)C1(C)C. The van der Waals surface area contributed by atoms with E-state index >= 15 is 0 Å². The normalized spacial score (nSPS) is 34.7. The molecule has 3 nitrogen and oxygen atoms in total. The van der Waals surface area contributed by atoms with Gasteiger partial charge in [0.15, 0.2) is 0 Å². The van der Waals surface area contributed by atoms with Crippen molar-refractivity contribution in [2.24, 2.45) is 28.5 Å². The summed E-state index contributed by atoms with van der Waals surface area (Å²) < 4.78 is 5.58. The van der Waals surface area contributed by atoms with E-state index in [2.05, 4.69) is 33.1 Å². The molecule has 2 atom stereocenters. The molecule has 0 amide bonds. The lowest BCUT2D eigenvalue weighted by Crippen LogP contribution is -2.46. The molecule has 94 valence electrons. The fourth-order valence-electron chi connectivity index (χ4n) is 3.70. The second kappa shape index (κ2) is 3.97. The molecule has 2 aliphatic rings. The molecule has 0 aromatic heterocycles. The van der Waals surface area contributed by atoms with E-state index in [1.807, 2.05) is 0 Å². The highest BCUT2D eigenvalue weighted by atomic mass is 16.5. The summed E-state index contributed by atoms with van der Waals surface area (Å²) in [6.07, 6.45) is 2.42. The van der Waals surface area contributed by atoms with Crippen LogP contribution >= 0.6 is 0 Å². The zero-order valence-corrected chi connectivity index (χ0v) is 11.0. The maximum Gasteiger partial charge on any atom is 0.0509 e. The molecule has 1 saturated heterocycles.